The Bertz CT molecular complexity index is 691. The largest absolute Gasteiger partial charge is 0.460 e. The summed E-state index contributed by atoms with van der Waals surface area (Å²) in [5, 5.41) is -8.49. The summed E-state index contributed by atoms with van der Waals surface area (Å²) in [7, 11) is -8.41. The van der Waals surface area contributed by atoms with Crippen LogP contribution >= 0.6 is 0 Å². The predicted molar refractivity (Wildman–Crippen MR) is 52.2 cm³/mol. The van der Waals surface area contributed by atoms with Gasteiger partial charge >= 0.3 is 57.1 Å². The van der Waals surface area contributed by atoms with E-state index >= 15 is 0 Å². The minimum atomic E-state index is -9.22. The van der Waals surface area contributed by atoms with Gasteiger partial charge in [0.05, 0.1) is 0 Å². The monoisotopic (exact) mass is 500 g/mol. The average Bonchev–Trinajstić information content (AvgIpc) is 2.41. The Balaban J connectivity index is 7.68. The summed E-state index contributed by atoms with van der Waals surface area (Å²) in [6.45, 7) is 0. The van der Waals surface area contributed by atoms with Crippen LogP contribution in [-0.2, 0) is 10.1 Å². The van der Waals surface area contributed by atoms with Gasteiger partial charge in [0.1, 0.15) is 0 Å². The van der Waals surface area contributed by atoms with E-state index in [-0.39, 0.29) is 0 Å². The molecule has 0 heterocycles. The van der Waals surface area contributed by atoms with Crippen molar-refractivity contribution in [3.8, 4) is 0 Å². The summed E-state index contributed by atoms with van der Waals surface area (Å²) in [5.74, 6) is -35.3. The molecule has 0 radical (unpaired) electrons. The third-order valence-electron chi connectivity index (χ3n) is 3.09. The Morgan fingerprint density at radius 3 is 0.793 bits per heavy atom. The van der Waals surface area contributed by atoms with Crippen LogP contribution in [0, 0.1) is 0 Å². The van der Waals surface area contributed by atoms with Crippen molar-refractivity contribution >= 4 is 10.1 Å². The lowest BCUT2D eigenvalue weighted by atomic mass is 9.82. The SMILES string of the molecule is O=S(=O)(O)C(F)(F)C(F)(C(F)(F)C(F)(F)C(F)(F)F)C(F)(F)C(F)(F)C(F)(F)F. The first-order valence-corrected chi connectivity index (χ1v) is 7.12. The van der Waals surface area contributed by atoms with Crippen molar-refractivity contribution in [2.45, 2.75) is 47.0 Å². The van der Waals surface area contributed by atoms with Crippen LogP contribution in [0.25, 0.3) is 0 Å². The molecule has 0 aromatic heterocycles. The van der Waals surface area contributed by atoms with Gasteiger partial charge < -0.3 is 0 Å². The lowest BCUT2D eigenvalue weighted by Gasteiger charge is -2.46. The van der Waals surface area contributed by atoms with Gasteiger partial charge in [-0.1, -0.05) is 0 Å². The Hall–Kier alpha value is -1.28. The molecule has 3 nitrogen and oxygen atoms in total. The third-order valence-corrected chi connectivity index (χ3v) is 4.02. The van der Waals surface area contributed by atoms with Crippen molar-refractivity contribution in [1.82, 2.24) is 0 Å². The van der Waals surface area contributed by atoms with E-state index < -0.39 is 57.1 Å². The fourth-order valence-corrected chi connectivity index (χ4v) is 2.14. The highest BCUT2D eigenvalue weighted by atomic mass is 32.2. The molecule has 0 saturated carbocycles. The molecule has 0 fully saturated rings. The summed E-state index contributed by atoms with van der Waals surface area (Å²) in [6, 6.07) is 0. The fraction of sp³-hybridized carbons (Fsp3) is 1.00. The van der Waals surface area contributed by atoms with Crippen LogP contribution in [0.3, 0.4) is 0 Å². The van der Waals surface area contributed by atoms with Crippen LogP contribution in [0.1, 0.15) is 0 Å². The molecule has 0 saturated heterocycles. The maximum Gasteiger partial charge on any atom is 0.460 e. The normalized spacial score (nSPS) is 16.9. The molecule has 0 bridgehead atoms. The van der Waals surface area contributed by atoms with E-state index in [1.807, 2.05) is 0 Å². The molecule has 0 amide bonds. The van der Waals surface area contributed by atoms with E-state index in [0.717, 1.165) is 0 Å². The Morgan fingerprint density at radius 1 is 0.448 bits per heavy atom. The van der Waals surface area contributed by atoms with Gasteiger partial charge in [0, 0.05) is 0 Å². The van der Waals surface area contributed by atoms with Crippen molar-refractivity contribution in [1.29, 1.82) is 0 Å². The van der Waals surface area contributed by atoms with Gasteiger partial charge in [-0.15, -0.1) is 0 Å². The van der Waals surface area contributed by atoms with Crippen molar-refractivity contribution in [3.63, 3.8) is 0 Å². The highest BCUT2D eigenvalue weighted by Crippen LogP contribution is 2.66. The second kappa shape index (κ2) is 6.36. The van der Waals surface area contributed by atoms with Gasteiger partial charge in [-0.2, -0.15) is 78.7 Å². The Kier molecular flexibility index (Phi) is 6.08. The van der Waals surface area contributed by atoms with E-state index in [9.17, 15) is 83.1 Å². The molecule has 1 N–H and O–H groups in total. The summed E-state index contributed by atoms with van der Waals surface area (Å²) in [4.78, 5) is 0. The number of hydrogen-bond acceptors (Lipinski definition) is 2. The van der Waals surface area contributed by atoms with Gasteiger partial charge in [0.25, 0.3) is 0 Å². The highest BCUT2D eigenvalue weighted by molar-refractivity contribution is 7.87. The van der Waals surface area contributed by atoms with Crippen LogP contribution in [0.2, 0.25) is 0 Å². The molecule has 0 unspecified atom stereocenters. The molecule has 0 rings (SSSR count). The zero-order chi connectivity index (χ0) is 24.5. The topological polar surface area (TPSA) is 54.4 Å². The quantitative estimate of drug-likeness (QED) is 0.420. The van der Waals surface area contributed by atoms with Gasteiger partial charge in [-0.05, 0) is 0 Å². The zero-order valence-electron chi connectivity index (χ0n) is 12.1. The molecule has 0 aliphatic carbocycles. The number of alkyl halides is 17. The van der Waals surface area contributed by atoms with Crippen molar-refractivity contribution in [3.05, 3.63) is 0 Å². The van der Waals surface area contributed by atoms with Gasteiger partial charge in [-0.25, -0.2) is 4.39 Å². The summed E-state index contributed by atoms with van der Waals surface area (Å²) in [6.07, 6.45) is -16.2. The smallest absolute Gasteiger partial charge is 0.281 e. The molecular weight excluding hydrogens is 499 g/mol. The Labute approximate surface area is 146 Å². The standard InChI is InChI=1S/C8HF17O3S/c9-1(8(24,25)29(26,27)28,2(10,11)4(14,15)6(18,19)20)3(12,13)5(16,17)7(21,22)23/h(H,26,27,28). The lowest BCUT2D eigenvalue weighted by molar-refractivity contribution is -0.454. The lowest BCUT2D eigenvalue weighted by Crippen LogP contribution is -2.80. The molecule has 29 heavy (non-hydrogen) atoms. The molecular formula is C8HF17O3S. The first-order chi connectivity index (χ1) is 12.0. The zero-order valence-corrected chi connectivity index (χ0v) is 12.9. The molecule has 0 atom stereocenters. The van der Waals surface area contributed by atoms with Crippen molar-refractivity contribution in [2.24, 2.45) is 0 Å². The van der Waals surface area contributed by atoms with E-state index in [1.54, 1.807) is 0 Å². The highest BCUT2D eigenvalue weighted by Gasteiger charge is 2.99. The first kappa shape index (κ1) is 27.7. The van der Waals surface area contributed by atoms with E-state index in [4.69, 9.17) is 4.55 Å². The molecule has 176 valence electrons. The van der Waals surface area contributed by atoms with Gasteiger partial charge in [0.2, 0.25) is 0 Å². The summed E-state index contributed by atoms with van der Waals surface area (Å²) >= 11 is 0. The van der Waals surface area contributed by atoms with Crippen LogP contribution in [0.15, 0.2) is 0 Å². The third kappa shape index (κ3) is 3.26. The molecule has 0 aromatic carbocycles. The van der Waals surface area contributed by atoms with Crippen molar-refractivity contribution < 1.29 is 87.6 Å². The molecule has 0 spiro atoms. The molecule has 0 aromatic rings. The van der Waals surface area contributed by atoms with E-state index in [1.165, 1.54) is 0 Å². The maximum absolute atomic E-state index is 13.9. The number of hydrogen-bond donors (Lipinski definition) is 1. The van der Waals surface area contributed by atoms with Crippen molar-refractivity contribution in [2.75, 3.05) is 0 Å². The molecule has 0 aliphatic heterocycles. The maximum atomic E-state index is 13.9. The van der Waals surface area contributed by atoms with Crippen LogP contribution in [0.4, 0.5) is 74.6 Å². The number of halogens is 17. The van der Waals surface area contributed by atoms with Crippen LogP contribution in [-0.4, -0.2) is 59.9 Å². The first-order valence-electron chi connectivity index (χ1n) is 5.68. The predicted octanol–water partition coefficient (Wildman–Crippen LogP) is 4.84. The minimum Gasteiger partial charge on any atom is -0.281 e. The summed E-state index contributed by atoms with van der Waals surface area (Å²) < 4.78 is 245. The Morgan fingerprint density at radius 2 is 0.655 bits per heavy atom. The van der Waals surface area contributed by atoms with E-state index in [0.29, 0.717) is 0 Å². The van der Waals surface area contributed by atoms with Gasteiger partial charge in [0.15, 0.2) is 0 Å². The number of rotatable bonds is 6. The second-order valence-electron chi connectivity index (χ2n) is 4.94. The van der Waals surface area contributed by atoms with Crippen LogP contribution < -0.4 is 0 Å². The van der Waals surface area contributed by atoms with Crippen LogP contribution in [0.5, 0.6) is 0 Å². The fourth-order valence-electron chi connectivity index (χ4n) is 1.53. The second-order valence-corrected chi connectivity index (χ2v) is 6.41. The molecule has 21 heteroatoms. The minimum absolute atomic E-state index is 7.81. The van der Waals surface area contributed by atoms with E-state index in [2.05, 4.69) is 0 Å². The average molecular weight is 500 g/mol. The van der Waals surface area contributed by atoms with Gasteiger partial charge in [-0.3, -0.25) is 4.55 Å². The molecule has 0 aliphatic rings. The summed E-state index contributed by atoms with van der Waals surface area (Å²) in [5.41, 5.74) is -9.22.